The molecule has 1 aromatic heterocycles. The topological polar surface area (TPSA) is 39.2 Å². The Hall–Kier alpha value is -0.740. The van der Waals surface area contributed by atoms with Gasteiger partial charge in [-0.1, -0.05) is 13.8 Å². The molecule has 0 saturated carbocycles. The lowest BCUT2D eigenvalue weighted by Gasteiger charge is -2.15. The molecule has 1 heterocycles. The molecule has 3 nitrogen and oxygen atoms in total. The number of hydrogen-bond acceptors (Lipinski definition) is 4. The van der Waals surface area contributed by atoms with E-state index in [2.05, 4.69) is 18.8 Å². The third-order valence-electron chi connectivity index (χ3n) is 1.97. The van der Waals surface area contributed by atoms with Gasteiger partial charge in [0.25, 0.3) is 0 Å². The average Bonchev–Trinajstić information content (AvgIpc) is 2.53. The molecule has 0 amide bonds. The molecule has 1 aromatic rings. The van der Waals surface area contributed by atoms with Crippen LogP contribution in [0.5, 0.6) is 0 Å². The van der Waals surface area contributed by atoms with Crippen LogP contribution in [0.25, 0.3) is 0 Å². The Morgan fingerprint density at radius 1 is 1.57 bits per heavy atom. The number of rotatable bonds is 4. The monoisotopic (exact) mass is 213 g/mol. The molecule has 0 N–H and O–H groups in total. The molecule has 0 aromatic carbocycles. The number of carbonyl (C=O) groups excluding carboxylic acids is 1. The highest BCUT2D eigenvalue weighted by atomic mass is 32.1. The minimum Gasteiger partial charge on any atom is -0.374 e. The Bertz CT molecular complexity index is 320. The zero-order valence-corrected chi connectivity index (χ0v) is 9.72. The molecule has 0 fully saturated rings. The summed E-state index contributed by atoms with van der Waals surface area (Å²) in [5, 5.41) is 0.882. The van der Waals surface area contributed by atoms with Crippen molar-refractivity contribution in [2.24, 2.45) is 5.92 Å². The molecule has 1 unspecified atom stereocenters. The van der Waals surface area contributed by atoms with E-state index in [4.69, 9.17) is 4.74 Å². The highest BCUT2D eigenvalue weighted by molar-refractivity contribution is 7.13. The van der Waals surface area contributed by atoms with Crippen LogP contribution in [0.2, 0.25) is 0 Å². The maximum absolute atomic E-state index is 11.1. The molecule has 0 bridgehead atoms. The lowest BCUT2D eigenvalue weighted by molar-refractivity contribution is 0.0644. The number of methoxy groups -OCH3 is 1. The zero-order chi connectivity index (χ0) is 10.7. The molecule has 14 heavy (non-hydrogen) atoms. The van der Waals surface area contributed by atoms with Crippen LogP contribution in [-0.4, -0.2) is 17.9 Å². The van der Waals surface area contributed by atoms with Gasteiger partial charge in [0.15, 0.2) is 5.78 Å². The summed E-state index contributed by atoms with van der Waals surface area (Å²) >= 11 is 1.42. The molecular formula is C10H15NO2S. The van der Waals surface area contributed by atoms with Crippen LogP contribution in [0.3, 0.4) is 0 Å². The van der Waals surface area contributed by atoms with Crippen molar-refractivity contribution in [2.75, 3.05) is 7.11 Å². The van der Waals surface area contributed by atoms with Gasteiger partial charge in [-0.25, -0.2) is 4.98 Å². The summed E-state index contributed by atoms with van der Waals surface area (Å²) in [6, 6.07) is 0. The summed E-state index contributed by atoms with van der Waals surface area (Å²) in [6.07, 6.45) is 1.62. The molecule has 0 aliphatic carbocycles. The lowest BCUT2D eigenvalue weighted by atomic mass is 10.1. The van der Waals surface area contributed by atoms with E-state index >= 15 is 0 Å². The summed E-state index contributed by atoms with van der Waals surface area (Å²) in [6.45, 7) is 5.69. The van der Waals surface area contributed by atoms with Crippen LogP contribution in [0.1, 0.15) is 41.6 Å². The quantitative estimate of drug-likeness (QED) is 0.722. The zero-order valence-electron chi connectivity index (χ0n) is 8.90. The summed E-state index contributed by atoms with van der Waals surface area (Å²) < 4.78 is 5.33. The Morgan fingerprint density at radius 3 is 2.57 bits per heavy atom. The first-order chi connectivity index (χ1) is 6.56. The number of aromatic nitrogens is 1. The van der Waals surface area contributed by atoms with E-state index in [0.717, 1.165) is 5.01 Å². The van der Waals surface area contributed by atoms with Gasteiger partial charge in [-0.15, -0.1) is 11.3 Å². The number of hydrogen-bond donors (Lipinski definition) is 0. The Balaban J connectivity index is 2.89. The van der Waals surface area contributed by atoms with E-state index in [1.54, 1.807) is 20.2 Å². The lowest BCUT2D eigenvalue weighted by Crippen LogP contribution is -2.08. The Morgan fingerprint density at radius 2 is 2.21 bits per heavy atom. The second kappa shape index (κ2) is 4.66. The second-order valence-corrected chi connectivity index (χ2v) is 4.58. The van der Waals surface area contributed by atoms with Gasteiger partial charge in [0.05, 0.1) is 4.88 Å². The van der Waals surface area contributed by atoms with E-state index in [9.17, 15) is 4.79 Å². The van der Waals surface area contributed by atoms with E-state index in [0.29, 0.717) is 10.8 Å². The number of ketones is 1. The standard InChI is InChI=1S/C10H15NO2S/c1-6(2)9(13-4)10-11-5-8(14-10)7(3)12/h5-6,9H,1-4H3. The van der Waals surface area contributed by atoms with Gasteiger partial charge >= 0.3 is 0 Å². The van der Waals surface area contributed by atoms with Gasteiger partial charge in [0, 0.05) is 20.2 Å². The van der Waals surface area contributed by atoms with Crippen LogP contribution in [0.4, 0.5) is 0 Å². The first-order valence-electron chi connectivity index (χ1n) is 4.55. The summed E-state index contributed by atoms with van der Waals surface area (Å²) in [5.74, 6) is 0.429. The van der Waals surface area contributed by atoms with Gasteiger partial charge in [0.1, 0.15) is 11.1 Å². The molecule has 4 heteroatoms. The largest absolute Gasteiger partial charge is 0.374 e. The predicted octanol–water partition coefficient (Wildman–Crippen LogP) is 2.69. The van der Waals surface area contributed by atoms with E-state index in [1.165, 1.54) is 11.3 Å². The predicted molar refractivity (Wildman–Crippen MR) is 56.7 cm³/mol. The molecule has 0 saturated heterocycles. The van der Waals surface area contributed by atoms with Crippen LogP contribution >= 0.6 is 11.3 Å². The van der Waals surface area contributed by atoms with Crippen molar-refractivity contribution >= 4 is 17.1 Å². The maximum Gasteiger partial charge on any atom is 0.171 e. The number of thiazole rings is 1. The molecular weight excluding hydrogens is 198 g/mol. The molecule has 78 valence electrons. The number of ether oxygens (including phenoxy) is 1. The van der Waals surface area contributed by atoms with Crippen molar-refractivity contribution in [1.29, 1.82) is 0 Å². The molecule has 1 atom stereocenters. The number of Topliss-reactive ketones (excluding diaryl/α,β-unsaturated/α-hetero) is 1. The highest BCUT2D eigenvalue weighted by Gasteiger charge is 2.19. The normalized spacial score (nSPS) is 13.2. The van der Waals surface area contributed by atoms with Crippen LogP contribution in [0, 0.1) is 5.92 Å². The number of nitrogens with zero attached hydrogens (tertiary/aromatic N) is 1. The van der Waals surface area contributed by atoms with E-state index in [-0.39, 0.29) is 11.9 Å². The van der Waals surface area contributed by atoms with E-state index in [1.807, 2.05) is 0 Å². The summed E-state index contributed by atoms with van der Waals surface area (Å²) in [7, 11) is 1.67. The third-order valence-corrected chi connectivity index (χ3v) is 3.13. The Labute approximate surface area is 88.1 Å². The SMILES string of the molecule is COC(c1ncc(C(C)=O)s1)C(C)C. The van der Waals surface area contributed by atoms with Crippen LogP contribution in [0.15, 0.2) is 6.20 Å². The third kappa shape index (κ3) is 2.39. The van der Waals surface area contributed by atoms with Gasteiger partial charge in [-0.2, -0.15) is 0 Å². The summed E-state index contributed by atoms with van der Waals surface area (Å²) in [4.78, 5) is 16.0. The minimum atomic E-state index is -0.00639. The van der Waals surface area contributed by atoms with Gasteiger partial charge in [0.2, 0.25) is 0 Å². The van der Waals surface area contributed by atoms with Crippen LogP contribution in [-0.2, 0) is 4.74 Å². The van der Waals surface area contributed by atoms with Crippen molar-refractivity contribution in [3.63, 3.8) is 0 Å². The van der Waals surface area contributed by atoms with Crippen LogP contribution < -0.4 is 0 Å². The molecule has 0 spiro atoms. The average molecular weight is 213 g/mol. The maximum atomic E-state index is 11.1. The fourth-order valence-corrected chi connectivity index (χ4v) is 2.30. The van der Waals surface area contributed by atoms with Gasteiger partial charge in [-0.05, 0) is 5.92 Å². The first kappa shape index (κ1) is 11.3. The molecule has 0 aliphatic rings. The molecule has 0 radical (unpaired) electrons. The van der Waals surface area contributed by atoms with Crippen molar-refractivity contribution < 1.29 is 9.53 Å². The number of carbonyl (C=O) groups is 1. The van der Waals surface area contributed by atoms with Gasteiger partial charge < -0.3 is 4.74 Å². The van der Waals surface area contributed by atoms with Crippen molar-refractivity contribution in [3.05, 3.63) is 16.1 Å². The van der Waals surface area contributed by atoms with Crippen molar-refractivity contribution in [2.45, 2.75) is 26.9 Å². The molecule has 1 rings (SSSR count). The fraction of sp³-hybridized carbons (Fsp3) is 0.600. The van der Waals surface area contributed by atoms with Crippen molar-refractivity contribution in [1.82, 2.24) is 4.98 Å². The fourth-order valence-electron chi connectivity index (χ4n) is 1.24. The van der Waals surface area contributed by atoms with Gasteiger partial charge in [-0.3, -0.25) is 4.79 Å². The first-order valence-corrected chi connectivity index (χ1v) is 5.37. The van der Waals surface area contributed by atoms with Crippen molar-refractivity contribution in [3.8, 4) is 0 Å². The second-order valence-electron chi connectivity index (χ2n) is 3.52. The minimum absolute atomic E-state index is 0.00639. The molecule has 0 aliphatic heterocycles. The Kier molecular flexibility index (Phi) is 3.77. The summed E-state index contributed by atoms with van der Waals surface area (Å²) in [5.41, 5.74) is 0. The highest BCUT2D eigenvalue weighted by Crippen LogP contribution is 2.28. The van der Waals surface area contributed by atoms with E-state index < -0.39 is 0 Å². The smallest absolute Gasteiger partial charge is 0.171 e.